The van der Waals surface area contributed by atoms with Gasteiger partial charge in [0.15, 0.2) is 0 Å². The molecule has 0 fully saturated rings. The van der Waals surface area contributed by atoms with Crippen molar-refractivity contribution in [3.05, 3.63) is 71.3 Å². The number of hydrogen-bond donors (Lipinski definition) is 0. The van der Waals surface area contributed by atoms with E-state index in [0.717, 1.165) is 27.2 Å². The summed E-state index contributed by atoms with van der Waals surface area (Å²) in [5, 5.41) is 0. The van der Waals surface area contributed by atoms with Gasteiger partial charge in [-0.1, -0.05) is 18.2 Å². The smallest absolute Gasteiger partial charge is 0.419 e. The van der Waals surface area contributed by atoms with Crippen LogP contribution in [0.4, 0.5) is 4.79 Å². The van der Waals surface area contributed by atoms with Crippen LogP contribution in [-0.2, 0) is 4.74 Å². The van der Waals surface area contributed by atoms with E-state index >= 15 is 0 Å². The van der Waals surface area contributed by atoms with Crippen LogP contribution in [0.3, 0.4) is 0 Å². The lowest BCUT2D eigenvalue weighted by atomic mass is 10.1. The zero-order chi connectivity index (χ0) is 18.7. The predicted molar refractivity (Wildman–Crippen MR) is 106 cm³/mol. The van der Waals surface area contributed by atoms with Gasteiger partial charge in [-0.15, -0.1) is 0 Å². The molecule has 1 aromatic heterocycles. The molecule has 0 spiro atoms. The normalized spacial score (nSPS) is 11.2. The molecule has 0 unspecified atom stereocenters. The van der Waals surface area contributed by atoms with Crippen LogP contribution in [0.15, 0.2) is 71.3 Å². The molecule has 5 heteroatoms. The number of hydrogen-bond acceptors (Lipinski definition) is 3. The van der Waals surface area contributed by atoms with E-state index in [1.54, 1.807) is 6.20 Å². The van der Waals surface area contributed by atoms with E-state index < -0.39 is 11.7 Å². The van der Waals surface area contributed by atoms with Gasteiger partial charge in [0, 0.05) is 10.7 Å². The summed E-state index contributed by atoms with van der Waals surface area (Å²) >= 11 is 3.43. The van der Waals surface area contributed by atoms with E-state index in [2.05, 4.69) is 15.9 Å². The van der Waals surface area contributed by atoms with Gasteiger partial charge < -0.3 is 9.47 Å². The number of benzene rings is 2. The Morgan fingerprint density at radius 3 is 2.19 bits per heavy atom. The fraction of sp³-hybridized carbons (Fsp3) is 0.190. The largest absolute Gasteiger partial charge is 0.457 e. The lowest BCUT2D eigenvalue weighted by Crippen LogP contribution is -2.27. The van der Waals surface area contributed by atoms with Gasteiger partial charge in [-0.25, -0.2) is 4.79 Å². The highest BCUT2D eigenvalue weighted by atomic mass is 79.9. The van der Waals surface area contributed by atoms with Crippen LogP contribution >= 0.6 is 15.9 Å². The van der Waals surface area contributed by atoms with E-state index in [1.807, 2.05) is 81.4 Å². The summed E-state index contributed by atoms with van der Waals surface area (Å²) in [5.74, 6) is 1.51. The Balaban J connectivity index is 1.84. The number of halogens is 1. The summed E-state index contributed by atoms with van der Waals surface area (Å²) < 4.78 is 13.6. The molecule has 0 amide bonds. The molecule has 0 saturated carbocycles. The highest BCUT2D eigenvalue weighted by Crippen LogP contribution is 2.29. The molecule has 26 heavy (non-hydrogen) atoms. The minimum Gasteiger partial charge on any atom is -0.457 e. The zero-order valence-electron chi connectivity index (χ0n) is 14.9. The first-order chi connectivity index (χ1) is 12.3. The number of para-hydroxylation sites is 1. The molecule has 0 aliphatic heterocycles. The van der Waals surface area contributed by atoms with Gasteiger partial charge in [0.05, 0.1) is 5.69 Å². The Morgan fingerprint density at radius 2 is 1.58 bits per heavy atom. The van der Waals surface area contributed by atoms with Crippen molar-refractivity contribution in [1.29, 1.82) is 0 Å². The molecule has 3 rings (SSSR count). The van der Waals surface area contributed by atoms with E-state index in [4.69, 9.17) is 9.47 Å². The maximum Gasteiger partial charge on any atom is 0.419 e. The molecule has 0 bridgehead atoms. The van der Waals surface area contributed by atoms with Crippen molar-refractivity contribution in [3.63, 3.8) is 0 Å². The van der Waals surface area contributed by atoms with Crippen LogP contribution < -0.4 is 4.74 Å². The van der Waals surface area contributed by atoms with E-state index in [9.17, 15) is 4.79 Å². The third-order valence-electron chi connectivity index (χ3n) is 3.51. The zero-order valence-corrected chi connectivity index (χ0v) is 16.5. The van der Waals surface area contributed by atoms with Crippen LogP contribution in [0.1, 0.15) is 20.8 Å². The van der Waals surface area contributed by atoms with Crippen molar-refractivity contribution >= 4 is 22.0 Å². The number of nitrogens with zero attached hydrogens (tertiary/aromatic N) is 1. The van der Waals surface area contributed by atoms with Gasteiger partial charge in [0.25, 0.3) is 0 Å². The van der Waals surface area contributed by atoms with Crippen molar-refractivity contribution in [2.24, 2.45) is 0 Å². The molecule has 2 aromatic carbocycles. The summed E-state index contributed by atoms with van der Waals surface area (Å²) in [6.07, 6.45) is 1.29. The molecule has 0 saturated heterocycles. The lowest BCUT2D eigenvalue weighted by molar-refractivity contribution is 0.0540. The molecule has 3 aromatic rings. The van der Waals surface area contributed by atoms with Crippen LogP contribution in [0.2, 0.25) is 0 Å². The topological polar surface area (TPSA) is 40.5 Å². The van der Waals surface area contributed by atoms with Crippen molar-refractivity contribution in [2.45, 2.75) is 26.4 Å². The second-order valence-corrected chi connectivity index (χ2v) is 7.75. The number of carbonyl (C=O) groups is 1. The molecule has 4 nitrogen and oxygen atoms in total. The maximum atomic E-state index is 12.5. The van der Waals surface area contributed by atoms with Crippen LogP contribution in [-0.4, -0.2) is 16.3 Å². The van der Waals surface area contributed by atoms with Crippen LogP contribution in [0.5, 0.6) is 11.5 Å². The Kier molecular flexibility index (Phi) is 5.18. The second-order valence-electron chi connectivity index (χ2n) is 6.83. The van der Waals surface area contributed by atoms with Gasteiger partial charge in [-0.2, -0.15) is 0 Å². The summed E-state index contributed by atoms with van der Waals surface area (Å²) in [7, 11) is 0. The number of rotatable bonds is 3. The molecule has 1 heterocycles. The quantitative estimate of drug-likeness (QED) is 0.492. The first kappa shape index (κ1) is 18.3. The minimum atomic E-state index is -0.557. The average Bonchev–Trinajstić information content (AvgIpc) is 2.97. The Hall–Kier alpha value is -2.53. The lowest BCUT2D eigenvalue weighted by Gasteiger charge is -2.20. The highest BCUT2D eigenvalue weighted by Gasteiger charge is 2.20. The van der Waals surface area contributed by atoms with Gasteiger partial charge in [0.2, 0.25) is 0 Å². The number of ether oxygens (including phenoxy) is 2. The fourth-order valence-electron chi connectivity index (χ4n) is 2.43. The summed E-state index contributed by atoms with van der Waals surface area (Å²) in [6, 6.07) is 19.1. The van der Waals surface area contributed by atoms with Gasteiger partial charge >= 0.3 is 6.09 Å². The molecule has 0 radical (unpaired) electrons. The first-order valence-electron chi connectivity index (χ1n) is 8.26. The average molecular weight is 414 g/mol. The monoisotopic (exact) mass is 413 g/mol. The van der Waals surface area contributed by atoms with Gasteiger partial charge in [0.1, 0.15) is 17.1 Å². The molecular formula is C21H20BrNO3. The Morgan fingerprint density at radius 1 is 0.962 bits per heavy atom. The summed E-state index contributed by atoms with van der Waals surface area (Å²) in [6.45, 7) is 5.54. The Bertz CT molecular complexity index is 893. The molecule has 0 aliphatic carbocycles. The molecule has 0 N–H and O–H groups in total. The molecule has 0 atom stereocenters. The van der Waals surface area contributed by atoms with Crippen molar-refractivity contribution in [3.8, 4) is 22.8 Å². The standard InChI is InChI=1S/C21H20BrNO3/c1-21(2,3)26-20(24)23-14-16(22)13-19(23)15-9-11-18(12-10-15)25-17-7-5-4-6-8-17/h4-14H,1-3H3. The Labute approximate surface area is 161 Å². The van der Waals surface area contributed by atoms with Gasteiger partial charge in [-0.3, -0.25) is 4.57 Å². The highest BCUT2D eigenvalue weighted by molar-refractivity contribution is 9.10. The van der Waals surface area contributed by atoms with E-state index in [-0.39, 0.29) is 0 Å². The molecular weight excluding hydrogens is 394 g/mol. The fourth-order valence-corrected chi connectivity index (χ4v) is 2.85. The van der Waals surface area contributed by atoms with Crippen molar-refractivity contribution < 1.29 is 14.3 Å². The van der Waals surface area contributed by atoms with E-state index in [0.29, 0.717) is 0 Å². The molecule has 134 valence electrons. The molecule has 0 aliphatic rings. The third kappa shape index (κ3) is 4.55. The van der Waals surface area contributed by atoms with Crippen LogP contribution in [0, 0.1) is 0 Å². The number of carbonyl (C=O) groups excluding carboxylic acids is 1. The maximum absolute atomic E-state index is 12.5. The number of aromatic nitrogens is 1. The summed E-state index contributed by atoms with van der Waals surface area (Å²) in [5.41, 5.74) is 1.08. The second kappa shape index (κ2) is 7.38. The summed E-state index contributed by atoms with van der Waals surface area (Å²) in [4.78, 5) is 12.5. The SMILES string of the molecule is CC(C)(C)OC(=O)n1cc(Br)cc1-c1ccc(Oc2ccccc2)cc1. The van der Waals surface area contributed by atoms with Crippen LogP contribution in [0.25, 0.3) is 11.3 Å². The van der Waals surface area contributed by atoms with Crippen molar-refractivity contribution in [1.82, 2.24) is 4.57 Å². The van der Waals surface area contributed by atoms with Crippen molar-refractivity contribution in [2.75, 3.05) is 0 Å². The predicted octanol–water partition coefficient (Wildman–Crippen LogP) is 6.49. The first-order valence-corrected chi connectivity index (χ1v) is 9.06. The van der Waals surface area contributed by atoms with E-state index in [1.165, 1.54) is 4.57 Å². The van der Waals surface area contributed by atoms with Gasteiger partial charge in [-0.05, 0) is 84.7 Å². The third-order valence-corrected chi connectivity index (χ3v) is 3.94. The minimum absolute atomic E-state index is 0.414.